The Morgan fingerprint density at radius 1 is 1.33 bits per heavy atom. The Morgan fingerprint density at radius 2 is 2.29 bits per heavy atom. The van der Waals surface area contributed by atoms with Crippen LogP contribution in [0.15, 0.2) is 22.8 Å². The molecule has 2 N–H and O–H groups in total. The van der Waals surface area contributed by atoms with Crippen molar-refractivity contribution in [2.75, 3.05) is 26.2 Å². The first-order valence-electron chi connectivity index (χ1n) is 7.64. The molecule has 0 amide bonds. The number of rotatable bonds is 6. The van der Waals surface area contributed by atoms with Crippen LogP contribution in [0.1, 0.15) is 24.8 Å². The summed E-state index contributed by atoms with van der Waals surface area (Å²) < 4.78 is 4.77. The predicted octanol–water partition coefficient (Wildman–Crippen LogP) is 1.16. The van der Waals surface area contributed by atoms with Gasteiger partial charge in [-0.3, -0.25) is 4.90 Å². The Morgan fingerprint density at radius 3 is 3.19 bits per heavy atom. The highest BCUT2D eigenvalue weighted by molar-refractivity contribution is 5.76. The van der Waals surface area contributed by atoms with Crippen LogP contribution in [-0.2, 0) is 6.54 Å². The molecule has 1 aromatic carbocycles. The lowest BCUT2D eigenvalue weighted by Crippen LogP contribution is -2.44. The molecule has 1 unspecified atom stereocenters. The molecule has 1 aliphatic rings. The fourth-order valence-electron chi connectivity index (χ4n) is 3.01. The van der Waals surface area contributed by atoms with Crippen molar-refractivity contribution in [2.45, 2.75) is 31.8 Å². The average molecular weight is 290 g/mol. The first-order chi connectivity index (χ1) is 10.4. The number of nitrogens with one attached hydrogen (secondary N) is 1. The molecule has 0 bridgehead atoms. The van der Waals surface area contributed by atoms with Gasteiger partial charge in [0.05, 0.1) is 6.61 Å². The second kappa shape index (κ2) is 6.98. The van der Waals surface area contributed by atoms with E-state index in [9.17, 15) is 5.11 Å². The van der Waals surface area contributed by atoms with Crippen molar-refractivity contribution in [1.29, 1.82) is 0 Å². The van der Waals surface area contributed by atoms with Gasteiger partial charge in [0, 0.05) is 25.7 Å². The Bertz CT molecular complexity index is 572. The van der Waals surface area contributed by atoms with Crippen LogP contribution in [0.3, 0.4) is 0 Å². The van der Waals surface area contributed by atoms with Gasteiger partial charge in [0.15, 0.2) is 0 Å². The molecule has 0 aliphatic carbocycles. The lowest BCUT2D eigenvalue weighted by molar-refractivity contribution is 0.0910. The highest BCUT2D eigenvalue weighted by Crippen LogP contribution is 2.16. The third-order valence-corrected chi connectivity index (χ3v) is 4.22. The molecule has 0 saturated carbocycles. The lowest BCUT2D eigenvalue weighted by Gasteiger charge is -2.34. The molecule has 1 aliphatic heterocycles. The minimum absolute atomic E-state index is 0.268. The van der Waals surface area contributed by atoms with E-state index >= 15 is 0 Å². The first kappa shape index (κ1) is 14.4. The topological polar surface area (TPSA) is 74.4 Å². The second-order valence-corrected chi connectivity index (χ2v) is 5.59. The van der Waals surface area contributed by atoms with Gasteiger partial charge in [-0.05, 0) is 41.3 Å². The molecule has 2 aromatic rings. The summed E-state index contributed by atoms with van der Waals surface area (Å²) in [5.74, 6) is 0. The number of hydrogen-bond donors (Lipinski definition) is 2. The fourth-order valence-corrected chi connectivity index (χ4v) is 3.01. The van der Waals surface area contributed by atoms with Crippen LogP contribution in [0.2, 0.25) is 0 Å². The number of aliphatic hydroxyl groups is 1. The fraction of sp³-hybridized carbons (Fsp3) is 0.600. The highest BCUT2D eigenvalue weighted by Gasteiger charge is 2.20. The number of nitrogens with zero attached hydrogens (tertiary/aromatic N) is 3. The van der Waals surface area contributed by atoms with Crippen LogP contribution in [0, 0.1) is 0 Å². The van der Waals surface area contributed by atoms with Gasteiger partial charge in [0.2, 0.25) is 0 Å². The van der Waals surface area contributed by atoms with Crippen LogP contribution in [0.4, 0.5) is 0 Å². The van der Waals surface area contributed by atoms with Crippen molar-refractivity contribution >= 4 is 11.0 Å². The van der Waals surface area contributed by atoms with Crippen molar-refractivity contribution in [3.8, 4) is 0 Å². The molecule has 114 valence electrons. The molecule has 21 heavy (non-hydrogen) atoms. The molecule has 1 atom stereocenters. The standard InChI is InChI=1S/C15H22N4O2/c20-11-13-5-1-2-8-19(13)9-7-16-10-12-4-3-6-14-15(12)18-21-17-14/h3-4,6,13,16,20H,1-2,5,7-11H2. The molecule has 6 nitrogen and oxygen atoms in total. The Labute approximate surface area is 124 Å². The number of benzene rings is 1. The van der Waals surface area contributed by atoms with Gasteiger partial charge in [-0.1, -0.05) is 18.6 Å². The zero-order chi connectivity index (χ0) is 14.5. The maximum Gasteiger partial charge on any atom is 0.139 e. The summed E-state index contributed by atoms with van der Waals surface area (Å²) in [6.07, 6.45) is 3.58. The van der Waals surface area contributed by atoms with E-state index in [1.807, 2.05) is 18.2 Å². The maximum atomic E-state index is 9.40. The van der Waals surface area contributed by atoms with Crippen molar-refractivity contribution in [3.63, 3.8) is 0 Å². The summed E-state index contributed by atoms with van der Waals surface area (Å²) in [4.78, 5) is 2.38. The van der Waals surface area contributed by atoms with Gasteiger partial charge >= 0.3 is 0 Å². The third-order valence-electron chi connectivity index (χ3n) is 4.22. The van der Waals surface area contributed by atoms with Crippen molar-refractivity contribution in [2.24, 2.45) is 0 Å². The zero-order valence-corrected chi connectivity index (χ0v) is 12.2. The molecule has 3 rings (SSSR count). The zero-order valence-electron chi connectivity index (χ0n) is 12.2. The smallest absolute Gasteiger partial charge is 0.139 e. The monoisotopic (exact) mass is 290 g/mol. The third kappa shape index (κ3) is 3.40. The molecule has 0 spiro atoms. The number of aliphatic hydroxyl groups excluding tert-OH is 1. The van der Waals surface area contributed by atoms with Gasteiger partial charge in [0.1, 0.15) is 11.0 Å². The minimum atomic E-state index is 0.268. The summed E-state index contributed by atoms with van der Waals surface area (Å²) in [7, 11) is 0. The van der Waals surface area contributed by atoms with E-state index in [0.29, 0.717) is 6.04 Å². The van der Waals surface area contributed by atoms with Gasteiger partial charge in [-0.15, -0.1) is 0 Å². The summed E-state index contributed by atoms with van der Waals surface area (Å²) in [6.45, 7) is 3.99. The van der Waals surface area contributed by atoms with E-state index in [-0.39, 0.29) is 6.61 Å². The Kier molecular flexibility index (Phi) is 4.80. The molecule has 1 aromatic heterocycles. The summed E-state index contributed by atoms with van der Waals surface area (Å²) in [5.41, 5.74) is 2.73. The van der Waals surface area contributed by atoms with Gasteiger partial charge in [-0.2, -0.15) is 0 Å². The minimum Gasteiger partial charge on any atom is -0.395 e. The Hall–Kier alpha value is -1.50. The van der Waals surface area contributed by atoms with Gasteiger partial charge in [-0.25, -0.2) is 4.63 Å². The Balaban J connectivity index is 1.49. The van der Waals surface area contributed by atoms with Crippen LogP contribution in [-0.4, -0.2) is 52.6 Å². The molecule has 0 radical (unpaired) electrons. The van der Waals surface area contributed by atoms with E-state index in [4.69, 9.17) is 4.63 Å². The van der Waals surface area contributed by atoms with E-state index in [2.05, 4.69) is 20.5 Å². The molecule has 2 heterocycles. The number of hydrogen-bond acceptors (Lipinski definition) is 6. The SMILES string of the molecule is OCC1CCCCN1CCNCc1cccc2nonc12. The molecule has 6 heteroatoms. The quantitative estimate of drug-likeness (QED) is 0.778. The van der Waals surface area contributed by atoms with Crippen molar-refractivity contribution in [3.05, 3.63) is 23.8 Å². The molecule has 1 saturated heterocycles. The van der Waals surface area contributed by atoms with Crippen molar-refractivity contribution < 1.29 is 9.74 Å². The maximum absolute atomic E-state index is 9.40. The van der Waals surface area contributed by atoms with Gasteiger partial charge < -0.3 is 10.4 Å². The van der Waals surface area contributed by atoms with Crippen LogP contribution >= 0.6 is 0 Å². The highest BCUT2D eigenvalue weighted by atomic mass is 16.6. The summed E-state index contributed by atoms with van der Waals surface area (Å²) in [5, 5.41) is 20.6. The van der Waals surface area contributed by atoms with Crippen molar-refractivity contribution in [1.82, 2.24) is 20.5 Å². The number of piperidine rings is 1. The normalized spacial score (nSPS) is 20.1. The van der Waals surface area contributed by atoms with E-state index in [1.165, 1.54) is 12.8 Å². The first-order valence-corrected chi connectivity index (χ1v) is 7.64. The van der Waals surface area contributed by atoms with Crippen LogP contribution in [0.25, 0.3) is 11.0 Å². The van der Waals surface area contributed by atoms with E-state index < -0.39 is 0 Å². The van der Waals surface area contributed by atoms with Crippen LogP contribution in [0.5, 0.6) is 0 Å². The lowest BCUT2D eigenvalue weighted by atomic mass is 10.0. The summed E-state index contributed by atoms with van der Waals surface area (Å²) in [6, 6.07) is 6.24. The number of likely N-dealkylation sites (tertiary alicyclic amines) is 1. The van der Waals surface area contributed by atoms with E-state index in [0.717, 1.165) is 49.2 Å². The largest absolute Gasteiger partial charge is 0.395 e. The van der Waals surface area contributed by atoms with Crippen LogP contribution < -0.4 is 5.32 Å². The van der Waals surface area contributed by atoms with Gasteiger partial charge in [0.25, 0.3) is 0 Å². The molecular formula is C15H22N4O2. The van der Waals surface area contributed by atoms with E-state index in [1.54, 1.807) is 0 Å². The average Bonchev–Trinajstić information content (AvgIpc) is 3.01. The predicted molar refractivity (Wildman–Crippen MR) is 79.8 cm³/mol. The molecule has 1 fully saturated rings. The summed E-state index contributed by atoms with van der Waals surface area (Å²) >= 11 is 0. The second-order valence-electron chi connectivity index (χ2n) is 5.59. The number of aromatic nitrogens is 2. The number of fused-ring (bicyclic) bond motifs is 1. The molecular weight excluding hydrogens is 268 g/mol.